The zero-order valence-corrected chi connectivity index (χ0v) is 20.8. The highest BCUT2D eigenvalue weighted by molar-refractivity contribution is 5.70. The molecule has 2 atom stereocenters. The van der Waals surface area contributed by atoms with Crippen LogP contribution >= 0.6 is 0 Å². The molecular formula is C29H38N2O2. The van der Waals surface area contributed by atoms with Crippen molar-refractivity contribution < 1.29 is 9.53 Å². The van der Waals surface area contributed by atoms with E-state index in [1.54, 1.807) is 0 Å². The predicted octanol–water partition coefficient (Wildman–Crippen LogP) is 6.09. The van der Waals surface area contributed by atoms with Gasteiger partial charge >= 0.3 is 6.09 Å². The molecule has 1 N–H and O–H groups in total. The summed E-state index contributed by atoms with van der Waals surface area (Å²) in [6.45, 7) is 14.4. The molecule has 33 heavy (non-hydrogen) atoms. The number of hydrogen-bond acceptors (Lipinski definition) is 3. The number of hydrogen-bond donors (Lipinski definition) is 1. The Bertz CT molecular complexity index is 1040. The fraction of sp³-hybridized carbons (Fsp3) is 0.552. The summed E-state index contributed by atoms with van der Waals surface area (Å²) in [5.74, 6) is 0.524. The number of nitrogens with one attached hydrogen (secondary N) is 1. The molecule has 2 aromatic carbocycles. The van der Waals surface area contributed by atoms with Crippen molar-refractivity contribution in [2.45, 2.75) is 71.4 Å². The molecule has 3 saturated heterocycles. The molecule has 0 aromatic heterocycles. The third-order valence-corrected chi connectivity index (χ3v) is 8.06. The quantitative estimate of drug-likeness (QED) is 0.620. The number of fused-ring (bicyclic) bond motifs is 4. The summed E-state index contributed by atoms with van der Waals surface area (Å²) < 4.78 is 5.94. The van der Waals surface area contributed by atoms with Gasteiger partial charge < -0.3 is 10.1 Å². The number of alkyl carbamates (subject to hydrolysis) is 1. The molecule has 1 aliphatic carbocycles. The van der Waals surface area contributed by atoms with Crippen molar-refractivity contribution in [1.82, 2.24) is 10.2 Å². The first-order valence-corrected chi connectivity index (χ1v) is 12.5. The van der Waals surface area contributed by atoms with Crippen LogP contribution in [0.25, 0.3) is 11.1 Å². The molecular weight excluding hydrogens is 408 g/mol. The van der Waals surface area contributed by atoms with Gasteiger partial charge in [-0.05, 0) is 76.9 Å². The number of carbonyl (C=O) groups is 1. The Kier molecular flexibility index (Phi) is 5.55. The maximum atomic E-state index is 12.9. The van der Waals surface area contributed by atoms with Gasteiger partial charge in [-0.15, -0.1) is 0 Å². The van der Waals surface area contributed by atoms with Gasteiger partial charge in [0.1, 0.15) is 6.10 Å². The van der Waals surface area contributed by atoms with Crippen molar-refractivity contribution in [3.63, 3.8) is 0 Å². The molecule has 4 aliphatic rings. The number of benzene rings is 2. The fourth-order valence-electron chi connectivity index (χ4n) is 6.01. The van der Waals surface area contributed by atoms with Crippen LogP contribution < -0.4 is 5.32 Å². The third-order valence-electron chi connectivity index (χ3n) is 8.06. The Morgan fingerprint density at radius 2 is 1.79 bits per heavy atom. The van der Waals surface area contributed by atoms with Crippen molar-refractivity contribution in [3.8, 4) is 11.1 Å². The first kappa shape index (κ1) is 22.5. The minimum atomic E-state index is -0.262. The highest BCUT2D eigenvalue weighted by atomic mass is 16.6. The zero-order valence-electron chi connectivity index (χ0n) is 20.8. The van der Waals surface area contributed by atoms with E-state index in [1.807, 2.05) is 0 Å². The minimum Gasteiger partial charge on any atom is -0.445 e. The lowest BCUT2D eigenvalue weighted by Crippen LogP contribution is -2.53. The van der Waals surface area contributed by atoms with Crippen molar-refractivity contribution in [2.24, 2.45) is 11.3 Å². The van der Waals surface area contributed by atoms with Crippen LogP contribution in [-0.4, -0.2) is 36.7 Å². The Labute approximate surface area is 198 Å². The van der Waals surface area contributed by atoms with Crippen LogP contribution in [0.15, 0.2) is 42.5 Å². The molecule has 4 nitrogen and oxygen atoms in total. The summed E-state index contributed by atoms with van der Waals surface area (Å²) in [5.41, 5.74) is 6.46. The van der Waals surface area contributed by atoms with Gasteiger partial charge in [0.25, 0.3) is 0 Å². The molecule has 3 aliphatic heterocycles. The molecule has 6 rings (SSSR count). The van der Waals surface area contributed by atoms with E-state index >= 15 is 0 Å². The third kappa shape index (κ3) is 4.42. The smallest absolute Gasteiger partial charge is 0.407 e. The van der Waals surface area contributed by atoms with Crippen molar-refractivity contribution in [2.75, 3.05) is 19.6 Å². The lowest BCUT2D eigenvalue weighted by atomic mass is 9.85. The molecule has 2 bridgehead atoms. The van der Waals surface area contributed by atoms with Crippen LogP contribution in [0.3, 0.4) is 0 Å². The Balaban J connectivity index is 1.34. The van der Waals surface area contributed by atoms with Crippen molar-refractivity contribution in [3.05, 3.63) is 59.2 Å². The second kappa shape index (κ2) is 8.16. The van der Waals surface area contributed by atoms with Gasteiger partial charge in [0, 0.05) is 6.54 Å². The van der Waals surface area contributed by atoms with Gasteiger partial charge in [0.05, 0.1) is 6.04 Å². The molecule has 1 unspecified atom stereocenters. The van der Waals surface area contributed by atoms with Gasteiger partial charge in [0.2, 0.25) is 0 Å². The lowest BCUT2D eigenvalue weighted by molar-refractivity contribution is -0.0348. The highest BCUT2D eigenvalue weighted by Crippen LogP contribution is 2.46. The molecule has 1 amide bonds. The molecule has 4 heteroatoms. The monoisotopic (exact) mass is 446 g/mol. The second-order valence-electron chi connectivity index (χ2n) is 12.1. The summed E-state index contributed by atoms with van der Waals surface area (Å²) in [6.07, 6.45) is 3.01. The van der Waals surface area contributed by atoms with Crippen LogP contribution in [0.4, 0.5) is 4.79 Å². The standard InChI is InChI=1S/C29H38N2O2/c1-28(2,3)23-8-6-7-20(16-23)21-9-10-24-22(15-21)17-29(4,5)26(24)30-27(32)33-25-18-31-13-11-19(25)12-14-31/h6-10,15-16,19,25-26H,11-14,17-18H2,1-5H3,(H,30,32)/t25-,26?/m0/s1. The van der Waals surface area contributed by atoms with Crippen LogP contribution in [0.1, 0.15) is 70.2 Å². The van der Waals surface area contributed by atoms with Gasteiger partial charge in [-0.1, -0.05) is 77.1 Å². The first-order chi connectivity index (χ1) is 15.6. The number of carbonyl (C=O) groups excluding carboxylic acids is 1. The van der Waals surface area contributed by atoms with Crippen LogP contribution in [0.5, 0.6) is 0 Å². The van der Waals surface area contributed by atoms with Gasteiger partial charge in [-0.25, -0.2) is 4.79 Å². The van der Waals surface area contributed by atoms with E-state index in [0.29, 0.717) is 5.92 Å². The Morgan fingerprint density at radius 3 is 2.45 bits per heavy atom. The SMILES string of the molecule is CC(C)(C)c1cccc(-c2ccc3c(c2)CC(C)(C)C3NC(=O)O[C@H]2CN3CCC2CC3)c1. The topological polar surface area (TPSA) is 41.6 Å². The molecule has 0 radical (unpaired) electrons. The number of piperidine rings is 3. The average Bonchev–Trinajstić information content (AvgIpc) is 3.02. The van der Waals surface area contributed by atoms with Crippen molar-refractivity contribution >= 4 is 6.09 Å². The summed E-state index contributed by atoms with van der Waals surface area (Å²) in [6, 6.07) is 15.6. The molecule has 0 saturated carbocycles. The highest BCUT2D eigenvalue weighted by Gasteiger charge is 2.42. The number of ether oxygens (including phenoxy) is 1. The summed E-state index contributed by atoms with van der Waals surface area (Å²) in [5, 5.41) is 3.24. The Hall–Kier alpha value is -2.33. The average molecular weight is 447 g/mol. The van der Waals surface area contributed by atoms with E-state index in [0.717, 1.165) is 38.9 Å². The van der Waals surface area contributed by atoms with Gasteiger partial charge in [-0.3, -0.25) is 4.90 Å². The Morgan fingerprint density at radius 1 is 1.06 bits per heavy atom. The van der Waals surface area contributed by atoms with E-state index in [-0.39, 0.29) is 29.1 Å². The molecule has 2 aromatic rings. The summed E-state index contributed by atoms with van der Waals surface area (Å²) >= 11 is 0. The first-order valence-electron chi connectivity index (χ1n) is 12.5. The molecule has 0 spiro atoms. The summed E-state index contributed by atoms with van der Waals surface area (Å²) in [4.78, 5) is 15.3. The number of rotatable bonds is 3. The maximum Gasteiger partial charge on any atom is 0.407 e. The fourth-order valence-corrected chi connectivity index (χ4v) is 6.01. The van der Waals surface area contributed by atoms with Gasteiger partial charge in [0.15, 0.2) is 0 Å². The molecule has 176 valence electrons. The minimum absolute atomic E-state index is 0.0314. The van der Waals surface area contributed by atoms with E-state index in [2.05, 4.69) is 87.3 Å². The van der Waals surface area contributed by atoms with E-state index in [4.69, 9.17) is 4.74 Å². The van der Waals surface area contributed by atoms with Gasteiger partial charge in [-0.2, -0.15) is 0 Å². The zero-order chi connectivity index (χ0) is 23.4. The normalized spacial score (nSPS) is 27.8. The van der Waals surface area contributed by atoms with E-state index in [9.17, 15) is 4.79 Å². The van der Waals surface area contributed by atoms with E-state index < -0.39 is 0 Å². The van der Waals surface area contributed by atoms with Crippen LogP contribution in [-0.2, 0) is 16.6 Å². The second-order valence-corrected chi connectivity index (χ2v) is 12.1. The summed E-state index contributed by atoms with van der Waals surface area (Å²) in [7, 11) is 0. The van der Waals surface area contributed by atoms with Crippen LogP contribution in [0.2, 0.25) is 0 Å². The van der Waals surface area contributed by atoms with Crippen LogP contribution in [0, 0.1) is 11.3 Å². The van der Waals surface area contributed by atoms with E-state index in [1.165, 1.54) is 27.8 Å². The molecule has 3 heterocycles. The predicted molar refractivity (Wildman–Crippen MR) is 133 cm³/mol. The van der Waals surface area contributed by atoms with Crippen molar-refractivity contribution in [1.29, 1.82) is 0 Å². The molecule has 3 fully saturated rings. The lowest BCUT2D eigenvalue weighted by Gasteiger charge is -2.44. The largest absolute Gasteiger partial charge is 0.445 e. The number of amides is 1. The maximum absolute atomic E-state index is 12.9. The number of nitrogens with zero attached hydrogens (tertiary/aromatic N) is 1.